The van der Waals surface area contributed by atoms with Gasteiger partial charge in [-0.3, -0.25) is 4.79 Å². The van der Waals surface area contributed by atoms with Gasteiger partial charge in [0.25, 0.3) is 0 Å². The van der Waals surface area contributed by atoms with Crippen LogP contribution in [-0.4, -0.2) is 39.6 Å². The molecule has 5 heteroatoms. The van der Waals surface area contributed by atoms with Gasteiger partial charge < -0.3 is 10.0 Å². The van der Waals surface area contributed by atoms with Crippen molar-refractivity contribution in [1.29, 1.82) is 0 Å². The highest BCUT2D eigenvalue weighted by Crippen LogP contribution is 2.22. The van der Waals surface area contributed by atoms with Crippen molar-refractivity contribution < 1.29 is 14.7 Å². The van der Waals surface area contributed by atoms with Crippen LogP contribution in [-0.2, 0) is 9.59 Å². The first-order chi connectivity index (χ1) is 8.66. The molecule has 104 valence electrons. The number of carboxylic acid groups (broad SMARTS) is 1. The number of aliphatic carboxylic acids is 1. The molecule has 0 radical (unpaired) electrons. The maximum atomic E-state index is 11.9. The maximum Gasteiger partial charge on any atom is 0.327 e. The highest BCUT2D eigenvalue weighted by Gasteiger charge is 2.33. The van der Waals surface area contributed by atoms with Crippen molar-refractivity contribution in [3.8, 4) is 0 Å². The summed E-state index contributed by atoms with van der Waals surface area (Å²) in [5.41, 5.74) is 0. The molecule has 0 aromatic carbocycles. The van der Waals surface area contributed by atoms with Crippen LogP contribution in [0.3, 0.4) is 0 Å². The number of carbonyl (C=O) groups excluding carboxylic acids is 1. The first-order valence-electron chi connectivity index (χ1n) is 6.76. The SMILES string of the molecule is CCCCCCCCC(=O)N1CSCC1C(=O)O. The minimum absolute atomic E-state index is 0.00268. The van der Waals surface area contributed by atoms with E-state index in [1.807, 2.05) is 0 Å². The zero-order valence-corrected chi connectivity index (χ0v) is 11.9. The summed E-state index contributed by atoms with van der Waals surface area (Å²) in [4.78, 5) is 24.4. The minimum Gasteiger partial charge on any atom is -0.480 e. The van der Waals surface area contributed by atoms with E-state index in [4.69, 9.17) is 5.11 Å². The predicted molar refractivity (Wildman–Crippen MR) is 73.6 cm³/mol. The molecule has 1 amide bonds. The van der Waals surface area contributed by atoms with E-state index in [9.17, 15) is 9.59 Å². The summed E-state index contributed by atoms with van der Waals surface area (Å²) in [5.74, 6) is 0.183. The van der Waals surface area contributed by atoms with Gasteiger partial charge in [-0.25, -0.2) is 4.79 Å². The van der Waals surface area contributed by atoms with Crippen LogP contribution in [0.1, 0.15) is 51.9 Å². The fourth-order valence-corrected chi connectivity index (χ4v) is 3.27. The molecule has 0 aliphatic carbocycles. The van der Waals surface area contributed by atoms with Gasteiger partial charge in [0.05, 0.1) is 5.88 Å². The monoisotopic (exact) mass is 273 g/mol. The van der Waals surface area contributed by atoms with E-state index in [1.54, 1.807) is 0 Å². The second-order valence-electron chi connectivity index (χ2n) is 4.74. The fraction of sp³-hybridized carbons (Fsp3) is 0.846. The Kier molecular flexibility index (Phi) is 7.16. The van der Waals surface area contributed by atoms with E-state index in [0.29, 0.717) is 18.1 Å². The number of carboxylic acids is 1. The Bertz CT molecular complexity index is 283. The second kappa shape index (κ2) is 8.40. The number of unbranched alkanes of at least 4 members (excludes halogenated alkanes) is 5. The molecule has 1 heterocycles. The topological polar surface area (TPSA) is 57.6 Å². The molecule has 4 nitrogen and oxygen atoms in total. The average Bonchev–Trinajstić information content (AvgIpc) is 2.82. The molecule has 1 N–H and O–H groups in total. The van der Waals surface area contributed by atoms with Gasteiger partial charge in [-0.2, -0.15) is 0 Å². The van der Waals surface area contributed by atoms with Gasteiger partial charge in [0.2, 0.25) is 5.91 Å². The first kappa shape index (κ1) is 15.3. The minimum atomic E-state index is -0.878. The molecular weight excluding hydrogens is 250 g/mol. The van der Waals surface area contributed by atoms with Crippen molar-refractivity contribution in [2.45, 2.75) is 57.9 Å². The molecule has 0 aromatic rings. The van der Waals surface area contributed by atoms with Crippen molar-refractivity contribution in [2.24, 2.45) is 0 Å². The zero-order valence-electron chi connectivity index (χ0n) is 11.1. The number of nitrogens with zero attached hydrogens (tertiary/aromatic N) is 1. The van der Waals surface area contributed by atoms with Crippen molar-refractivity contribution in [3.63, 3.8) is 0 Å². The molecule has 18 heavy (non-hydrogen) atoms. The highest BCUT2D eigenvalue weighted by atomic mass is 32.2. The molecule has 0 aromatic heterocycles. The lowest BCUT2D eigenvalue weighted by molar-refractivity contribution is -0.147. The van der Waals surface area contributed by atoms with Crippen LogP contribution in [0.4, 0.5) is 0 Å². The van der Waals surface area contributed by atoms with Crippen LogP contribution in [0.15, 0.2) is 0 Å². The second-order valence-corrected chi connectivity index (χ2v) is 5.73. The number of hydrogen-bond acceptors (Lipinski definition) is 3. The lowest BCUT2D eigenvalue weighted by atomic mass is 10.1. The van der Waals surface area contributed by atoms with Crippen LogP contribution >= 0.6 is 11.8 Å². The third kappa shape index (κ3) is 4.88. The van der Waals surface area contributed by atoms with Gasteiger partial charge >= 0.3 is 5.97 Å². The van der Waals surface area contributed by atoms with E-state index >= 15 is 0 Å². The summed E-state index contributed by atoms with van der Waals surface area (Å²) in [7, 11) is 0. The van der Waals surface area contributed by atoms with Gasteiger partial charge in [-0.1, -0.05) is 39.0 Å². The van der Waals surface area contributed by atoms with Crippen LogP contribution in [0, 0.1) is 0 Å². The van der Waals surface area contributed by atoms with E-state index < -0.39 is 12.0 Å². The molecule has 1 aliphatic heterocycles. The molecule has 1 atom stereocenters. The Labute approximate surface area is 113 Å². The third-order valence-electron chi connectivity index (χ3n) is 3.23. The molecular formula is C13H23NO3S. The van der Waals surface area contributed by atoms with Crippen LogP contribution in [0.25, 0.3) is 0 Å². The van der Waals surface area contributed by atoms with Crippen molar-refractivity contribution >= 4 is 23.6 Å². The summed E-state index contributed by atoms with van der Waals surface area (Å²) < 4.78 is 0. The molecule has 0 saturated carbocycles. The van der Waals surface area contributed by atoms with Gasteiger partial charge in [0.15, 0.2) is 0 Å². The van der Waals surface area contributed by atoms with Crippen LogP contribution in [0.2, 0.25) is 0 Å². The predicted octanol–water partition coefficient (Wildman–Crippen LogP) is 2.72. The molecule has 1 unspecified atom stereocenters. The highest BCUT2D eigenvalue weighted by molar-refractivity contribution is 7.99. The van der Waals surface area contributed by atoms with Crippen molar-refractivity contribution in [1.82, 2.24) is 4.90 Å². The van der Waals surface area contributed by atoms with E-state index in [-0.39, 0.29) is 5.91 Å². The molecule has 0 spiro atoms. The fourth-order valence-electron chi connectivity index (χ4n) is 2.09. The summed E-state index contributed by atoms with van der Waals surface area (Å²) in [6.45, 7) is 2.18. The standard InChI is InChI=1S/C13H23NO3S/c1-2-3-4-5-6-7-8-12(15)14-10-18-9-11(14)13(16)17/h11H,2-10H2,1H3,(H,16,17). The normalized spacial score (nSPS) is 19.2. The molecule has 1 rings (SSSR count). The molecule has 0 bridgehead atoms. The number of thioether (sulfide) groups is 1. The van der Waals surface area contributed by atoms with Crippen molar-refractivity contribution in [2.75, 3.05) is 11.6 Å². The number of hydrogen-bond donors (Lipinski definition) is 1. The number of amides is 1. The summed E-state index contributed by atoms with van der Waals surface area (Å²) in [6.07, 6.45) is 7.36. The third-order valence-corrected chi connectivity index (χ3v) is 4.24. The average molecular weight is 273 g/mol. The van der Waals surface area contributed by atoms with E-state index in [1.165, 1.54) is 42.3 Å². The van der Waals surface area contributed by atoms with Crippen LogP contribution < -0.4 is 0 Å². The Morgan fingerprint density at radius 1 is 1.22 bits per heavy atom. The quantitative estimate of drug-likeness (QED) is 0.691. The Morgan fingerprint density at radius 2 is 1.89 bits per heavy atom. The van der Waals surface area contributed by atoms with Gasteiger partial charge in [0.1, 0.15) is 6.04 Å². The molecule has 1 fully saturated rings. The summed E-state index contributed by atoms with van der Waals surface area (Å²) in [5, 5.41) is 8.99. The van der Waals surface area contributed by atoms with Gasteiger partial charge in [-0.15, -0.1) is 11.8 Å². The van der Waals surface area contributed by atoms with E-state index in [0.717, 1.165) is 12.8 Å². The lowest BCUT2D eigenvalue weighted by Crippen LogP contribution is -2.41. The Hall–Kier alpha value is -0.710. The largest absolute Gasteiger partial charge is 0.480 e. The number of rotatable bonds is 8. The first-order valence-corrected chi connectivity index (χ1v) is 7.92. The summed E-state index contributed by atoms with van der Waals surface area (Å²) >= 11 is 1.52. The molecule has 1 aliphatic rings. The van der Waals surface area contributed by atoms with Crippen molar-refractivity contribution in [3.05, 3.63) is 0 Å². The maximum absolute atomic E-state index is 11.9. The van der Waals surface area contributed by atoms with E-state index in [2.05, 4.69) is 6.92 Å². The summed E-state index contributed by atoms with van der Waals surface area (Å²) in [6, 6.07) is -0.609. The Morgan fingerprint density at radius 3 is 2.56 bits per heavy atom. The zero-order chi connectivity index (χ0) is 13.4. The molecule has 1 saturated heterocycles. The van der Waals surface area contributed by atoms with Gasteiger partial charge in [0, 0.05) is 12.2 Å². The lowest BCUT2D eigenvalue weighted by Gasteiger charge is -2.20. The van der Waals surface area contributed by atoms with Crippen LogP contribution in [0.5, 0.6) is 0 Å². The smallest absolute Gasteiger partial charge is 0.327 e. The Balaban J connectivity index is 2.18. The van der Waals surface area contributed by atoms with Gasteiger partial charge in [-0.05, 0) is 6.42 Å². The number of carbonyl (C=O) groups is 2.